The van der Waals surface area contributed by atoms with Gasteiger partial charge in [0.2, 0.25) is 0 Å². The van der Waals surface area contributed by atoms with E-state index in [0.29, 0.717) is 34.4 Å². The first-order valence-corrected chi connectivity index (χ1v) is 9.62. The third-order valence-electron chi connectivity index (χ3n) is 4.31. The number of halogens is 1. The molecule has 1 aliphatic rings. The molecule has 1 fully saturated rings. The molecule has 2 aromatic carbocycles. The SMILES string of the molecule is CCOc1cc(/C=C2\C(=O)NC(=S)N(c3ccc(C)c(Cl)c3)C2=O)ccc1OC. The minimum atomic E-state index is -0.566. The van der Waals surface area contributed by atoms with E-state index in [1.165, 1.54) is 11.0 Å². The summed E-state index contributed by atoms with van der Waals surface area (Å²) in [5.41, 5.74) is 1.91. The van der Waals surface area contributed by atoms with Gasteiger partial charge in [0.1, 0.15) is 5.57 Å². The number of hydrogen-bond donors (Lipinski definition) is 1. The van der Waals surface area contributed by atoms with Crippen LogP contribution in [0.4, 0.5) is 5.69 Å². The van der Waals surface area contributed by atoms with Gasteiger partial charge < -0.3 is 9.47 Å². The first-order valence-electron chi connectivity index (χ1n) is 8.84. The van der Waals surface area contributed by atoms with E-state index in [1.807, 2.05) is 13.8 Å². The van der Waals surface area contributed by atoms with Crippen molar-refractivity contribution >= 4 is 52.5 Å². The van der Waals surface area contributed by atoms with Crippen molar-refractivity contribution in [1.29, 1.82) is 0 Å². The average molecular weight is 431 g/mol. The summed E-state index contributed by atoms with van der Waals surface area (Å²) in [6, 6.07) is 10.3. The maximum absolute atomic E-state index is 13.1. The van der Waals surface area contributed by atoms with Crippen molar-refractivity contribution < 1.29 is 19.1 Å². The number of methoxy groups -OCH3 is 1. The third kappa shape index (κ3) is 4.26. The molecule has 29 heavy (non-hydrogen) atoms. The summed E-state index contributed by atoms with van der Waals surface area (Å²) in [4.78, 5) is 26.8. The van der Waals surface area contributed by atoms with Crippen LogP contribution in [0.5, 0.6) is 11.5 Å². The van der Waals surface area contributed by atoms with Crippen LogP contribution in [0.3, 0.4) is 0 Å². The van der Waals surface area contributed by atoms with Crippen molar-refractivity contribution in [3.63, 3.8) is 0 Å². The minimum absolute atomic E-state index is 0.00167. The van der Waals surface area contributed by atoms with Gasteiger partial charge in [0.25, 0.3) is 11.8 Å². The van der Waals surface area contributed by atoms with Crippen molar-refractivity contribution in [2.75, 3.05) is 18.6 Å². The Balaban J connectivity index is 2.01. The fourth-order valence-corrected chi connectivity index (χ4v) is 3.29. The van der Waals surface area contributed by atoms with Crippen molar-refractivity contribution in [2.45, 2.75) is 13.8 Å². The van der Waals surface area contributed by atoms with E-state index in [2.05, 4.69) is 5.32 Å². The predicted octanol–water partition coefficient (Wildman–Crippen LogP) is 3.89. The second-order valence-corrected chi connectivity index (χ2v) is 7.03. The number of aryl methyl sites for hydroxylation is 1. The Morgan fingerprint density at radius 1 is 1.17 bits per heavy atom. The molecule has 1 N–H and O–H groups in total. The highest BCUT2D eigenvalue weighted by atomic mass is 35.5. The maximum atomic E-state index is 13.1. The lowest BCUT2D eigenvalue weighted by molar-refractivity contribution is -0.122. The van der Waals surface area contributed by atoms with Crippen LogP contribution in [0, 0.1) is 6.92 Å². The number of thiocarbonyl (C=S) groups is 1. The zero-order valence-corrected chi connectivity index (χ0v) is 17.7. The number of rotatable bonds is 5. The summed E-state index contributed by atoms with van der Waals surface area (Å²) < 4.78 is 10.8. The molecule has 2 amide bonds. The van der Waals surface area contributed by atoms with E-state index < -0.39 is 11.8 Å². The quantitative estimate of drug-likeness (QED) is 0.443. The summed E-state index contributed by atoms with van der Waals surface area (Å²) in [5, 5.41) is 3.05. The van der Waals surface area contributed by atoms with Gasteiger partial charge in [-0.1, -0.05) is 23.7 Å². The molecule has 0 bridgehead atoms. The lowest BCUT2D eigenvalue weighted by Crippen LogP contribution is -2.54. The number of carbonyl (C=O) groups is 2. The lowest BCUT2D eigenvalue weighted by Gasteiger charge is -2.29. The minimum Gasteiger partial charge on any atom is -0.493 e. The molecule has 1 saturated heterocycles. The van der Waals surface area contributed by atoms with E-state index in [0.717, 1.165) is 5.56 Å². The van der Waals surface area contributed by atoms with Crippen LogP contribution < -0.4 is 19.7 Å². The van der Waals surface area contributed by atoms with Crippen molar-refractivity contribution in [1.82, 2.24) is 5.32 Å². The Kier molecular flexibility index (Phi) is 6.20. The highest BCUT2D eigenvalue weighted by Crippen LogP contribution is 2.30. The normalized spacial score (nSPS) is 15.5. The van der Waals surface area contributed by atoms with E-state index in [4.69, 9.17) is 33.3 Å². The molecule has 0 atom stereocenters. The van der Waals surface area contributed by atoms with Gasteiger partial charge in [-0.2, -0.15) is 0 Å². The summed E-state index contributed by atoms with van der Waals surface area (Å²) in [5.74, 6) is -0.0214. The number of hydrogen-bond acceptors (Lipinski definition) is 5. The summed E-state index contributed by atoms with van der Waals surface area (Å²) in [6.07, 6.45) is 1.49. The van der Waals surface area contributed by atoms with Gasteiger partial charge >= 0.3 is 0 Å². The molecular formula is C21H19ClN2O4S. The third-order valence-corrected chi connectivity index (χ3v) is 5.01. The fraction of sp³-hybridized carbons (Fsp3) is 0.190. The highest BCUT2D eigenvalue weighted by Gasteiger charge is 2.34. The van der Waals surface area contributed by atoms with Gasteiger partial charge in [-0.15, -0.1) is 0 Å². The number of nitrogens with one attached hydrogen (secondary N) is 1. The molecule has 2 aromatic rings. The summed E-state index contributed by atoms with van der Waals surface area (Å²) >= 11 is 11.4. The highest BCUT2D eigenvalue weighted by molar-refractivity contribution is 7.80. The maximum Gasteiger partial charge on any atom is 0.270 e. The topological polar surface area (TPSA) is 67.9 Å². The van der Waals surface area contributed by atoms with E-state index in [1.54, 1.807) is 43.5 Å². The molecule has 1 heterocycles. The second-order valence-electron chi connectivity index (χ2n) is 6.23. The van der Waals surface area contributed by atoms with Gasteiger partial charge in [-0.3, -0.25) is 19.8 Å². The van der Waals surface area contributed by atoms with Crippen molar-refractivity contribution in [3.8, 4) is 11.5 Å². The number of nitrogens with zero attached hydrogens (tertiary/aromatic N) is 1. The first-order chi connectivity index (χ1) is 13.8. The zero-order chi connectivity index (χ0) is 21.1. The van der Waals surface area contributed by atoms with Gasteiger partial charge in [-0.25, -0.2) is 0 Å². The van der Waals surface area contributed by atoms with Crippen LogP contribution >= 0.6 is 23.8 Å². The smallest absolute Gasteiger partial charge is 0.270 e. The number of benzene rings is 2. The van der Waals surface area contributed by atoms with E-state index in [-0.39, 0.29) is 10.7 Å². The van der Waals surface area contributed by atoms with E-state index in [9.17, 15) is 9.59 Å². The van der Waals surface area contributed by atoms with Crippen LogP contribution in [0.2, 0.25) is 5.02 Å². The fourth-order valence-electron chi connectivity index (χ4n) is 2.83. The summed E-state index contributed by atoms with van der Waals surface area (Å²) in [6.45, 7) is 4.16. The molecule has 0 spiro atoms. The molecule has 0 saturated carbocycles. The Morgan fingerprint density at radius 3 is 2.59 bits per heavy atom. The molecule has 3 rings (SSSR count). The Bertz CT molecular complexity index is 1040. The molecule has 0 aromatic heterocycles. The molecule has 0 unspecified atom stereocenters. The Labute approximate surface area is 179 Å². The number of amides is 2. The van der Waals surface area contributed by atoms with Crippen LogP contribution in [0.15, 0.2) is 42.0 Å². The predicted molar refractivity (Wildman–Crippen MR) is 117 cm³/mol. The van der Waals surface area contributed by atoms with Gasteiger partial charge in [0.15, 0.2) is 16.6 Å². The lowest BCUT2D eigenvalue weighted by atomic mass is 10.1. The van der Waals surface area contributed by atoms with Crippen LogP contribution in [-0.2, 0) is 9.59 Å². The number of carbonyl (C=O) groups excluding carboxylic acids is 2. The van der Waals surface area contributed by atoms with Crippen molar-refractivity contribution in [3.05, 3.63) is 58.1 Å². The average Bonchev–Trinajstić information content (AvgIpc) is 2.68. The molecule has 1 aliphatic heterocycles. The Hall–Kier alpha value is -2.90. The monoisotopic (exact) mass is 430 g/mol. The molecule has 0 radical (unpaired) electrons. The number of ether oxygens (including phenoxy) is 2. The second kappa shape index (κ2) is 8.63. The standard InChI is InChI=1S/C21H19ClN2O4S/c1-4-28-18-10-13(6-8-17(18)27-3)9-15-19(25)23-21(29)24(20(15)26)14-7-5-12(2)16(22)11-14/h5-11H,4H2,1-3H3,(H,23,25,29)/b15-9+. The van der Waals surface area contributed by atoms with Crippen LogP contribution in [-0.4, -0.2) is 30.6 Å². The number of anilines is 1. The van der Waals surface area contributed by atoms with Crippen LogP contribution in [0.1, 0.15) is 18.1 Å². The molecule has 8 heteroatoms. The van der Waals surface area contributed by atoms with Gasteiger partial charge in [0.05, 0.1) is 19.4 Å². The van der Waals surface area contributed by atoms with Gasteiger partial charge in [-0.05, 0) is 67.5 Å². The first kappa shape index (κ1) is 20.8. The molecular weight excluding hydrogens is 412 g/mol. The van der Waals surface area contributed by atoms with Crippen molar-refractivity contribution in [2.24, 2.45) is 0 Å². The van der Waals surface area contributed by atoms with Crippen LogP contribution in [0.25, 0.3) is 6.08 Å². The molecule has 0 aliphatic carbocycles. The summed E-state index contributed by atoms with van der Waals surface area (Å²) in [7, 11) is 1.54. The zero-order valence-electron chi connectivity index (χ0n) is 16.1. The Morgan fingerprint density at radius 2 is 1.93 bits per heavy atom. The van der Waals surface area contributed by atoms with Gasteiger partial charge in [0, 0.05) is 5.02 Å². The van der Waals surface area contributed by atoms with E-state index >= 15 is 0 Å². The molecule has 6 nitrogen and oxygen atoms in total. The molecule has 150 valence electrons. The largest absolute Gasteiger partial charge is 0.493 e.